The monoisotopic (exact) mass is 249 g/mol. The van der Waals surface area contributed by atoms with Crippen LogP contribution in [0.5, 0.6) is 0 Å². The minimum Gasteiger partial charge on any atom is -0.393 e. The van der Waals surface area contributed by atoms with Crippen LogP contribution >= 0.6 is 0 Å². The van der Waals surface area contributed by atoms with Crippen LogP contribution in [0.25, 0.3) is 0 Å². The van der Waals surface area contributed by atoms with E-state index in [1.807, 2.05) is 0 Å². The molecule has 1 rings (SSSR count). The Morgan fingerprint density at radius 1 is 1.35 bits per heavy atom. The normalized spacial score (nSPS) is 13.5. The van der Waals surface area contributed by atoms with E-state index < -0.39 is 18.0 Å². The molecule has 0 fully saturated rings. The summed E-state index contributed by atoms with van der Waals surface area (Å²) in [7, 11) is 1.68. The molecule has 0 amide bonds. The molecule has 4 nitrogen and oxygen atoms in total. The van der Waals surface area contributed by atoms with Gasteiger partial charge >= 0.3 is 6.18 Å². The molecule has 0 saturated carbocycles. The van der Waals surface area contributed by atoms with Gasteiger partial charge in [-0.1, -0.05) is 0 Å². The van der Waals surface area contributed by atoms with Gasteiger partial charge in [0.1, 0.15) is 0 Å². The molecule has 0 aliphatic rings. The summed E-state index contributed by atoms with van der Waals surface area (Å²) in [5, 5.41) is 15.7. The maximum atomic E-state index is 12.2. The lowest BCUT2D eigenvalue weighted by Gasteiger charge is -2.18. The Kier molecular flexibility index (Phi) is 4.28. The molecule has 17 heavy (non-hydrogen) atoms. The fourth-order valence-corrected chi connectivity index (χ4v) is 1.18. The molecule has 1 aromatic heterocycles. The third-order valence-electron chi connectivity index (χ3n) is 2.21. The van der Waals surface area contributed by atoms with Crippen molar-refractivity contribution in [2.75, 3.05) is 18.5 Å². The second-order valence-corrected chi connectivity index (χ2v) is 3.83. The molecular formula is C10H14F3N3O. The highest BCUT2D eigenvalue weighted by molar-refractivity contribution is 5.36. The van der Waals surface area contributed by atoms with Crippen LogP contribution in [0.2, 0.25) is 0 Å². The summed E-state index contributed by atoms with van der Waals surface area (Å²) < 4.78 is 36.7. The van der Waals surface area contributed by atoms with E-state index in [0.717, 1.165) is 6.07 Å². The number of hydrogen-bond acceptors (Lipinski definition) is 4. The lowest BCUT2D eigenvalue weighted by molar-refractivity contribution is -0.141. The average molecular weight is 249 g/mol. The van der Waals surface area contributed by atoms with Crippen LogP contribution in [0, 0.1) is 0 Å². The zero-order valence-electron chi connectivity index (χ0n) is 9.57. The Morgan fingerprint density at radius 3 is 2.41 bits per heavy atom. The Balaban J connectivity index is 2.67. The topological polar surface area (TPSA) is 49.2 Å². The van der Waals surface area contributed by atoms with Gasteiger partial charge in [-0.2, -0.15) is 13.2 Å². The third kappa shape index (κ3) is 4.18. The number of hydrogen-bond donors (Lipinski definition) is 1. The van der Waals surface area contributed by atoms with E-state index in [2.05, 4.69) is 10.2 Å². The molecule has 7 heteroatoms. The molecule has 96 valence electrons. The second-order valence-electron chi connectivity index (χ2n) is 3.83. The van der Waals surface area contributed by atoms with E-state index in [0.29, 0.717) is 18.8 Å². The van der Waals surface area contributed by atoms with Crippen molar-refractivity contribution in [2.45, 2.75) is 25.6 Å². The predicted octanol–water partition coefficient (Wildman–Crippen LogP) is 1.70. The van der Waals surface area contributed by atoms with Gasteiger partial charge < -0.3 is 10.0 Å². The maximum absolute atomic E-state index is 12.2. The Bertz CT molecular complexity index is 351. The van der Waals surface area contributed by atoms with Crippen LogP contribution < -0.4 is 4.90 Å². The summed E-state index contributed by atoms with van der Waals surface area (Å²) >= 11 is 0. The first-order chi connectivity index (χ1) is 7.80. The van der Waals surface area contributed by atoms with E-state index in [9.17, 15) is 13.2 Å². The summed E-state index contributed by atoms with van der Waals surface area (Å²) in [6, 6.07) is 2.15. The molecule has 1 atom stereocenters. The number of aromatic nitrogens is 2. The number of nitrogens with zero attached hydrogens (tertiary/aromatic N) is 3. The van der Waals surface area contributed by atoms with E-state index >= 15 is 0 Å². The molecule has 0 aliphatic carbocycles. The molecule has 0 saturated heterocycles. The molecule has 1 unspecified atom stereocenters. The van der Waals surface area contributed by atoms with Crippen molar-refractivity contribution in [1.29, 1.82) is 0 Å². The molecule has 0 aromatic carbocycles. The van der Waals surface area contributed by atoms with E-state index in [1.54, 1.807) is 18.9 Å². The number of aliphatic hydroxyl groups excluding tert-OH is 1. The molecule has 1 heterocycles. The molecular weight excluding hydrogens is 235 g/mol. The van der Waals surface area contributed by atoms with E-state index in [-0.39, 0.29) is 0 Å². The highest BCUT2D eigenvalue weighted by atomic mass is 19.4. The SMILES string of the molecule is CC(O)CCN(C)c1ccc(C(F)(F)F)nn1. The highest BCUT2D eigenvalue weighted by Crippen LogP contribution is 2.27. The first-order valence-corrected chi connectivity index (χ1v) is 5.11. The zero-order chi connectivity index (χ0) is 13.1. The lowest BCUT2D eigenvalue weighted by Crippen LogP contribution is -2.23. The van der Waals surface area contributed by atoms with Crippen LogP contribution in [0.4, 0.5) is 19.0 Å². The standard InChI is InChI=1S/C10H14F3N3O/c1-7(17)5-6-16(2)9-4-3-8(14-15-9)10(11,12)13/h3-4,7,17H,5-6H2,1-2H3. The van der Waals surface area contributed by atoms with Gasteiger partial charge in [0.05, 0.1) is 6.10 Å². The van der Waals surface area contributed by atoms with Crippen molar-refractivity contribution in [3.05, 3.63) is 17.8 Å². The minimum absolute atomic E-state index is 0.346. The first kappa shape index (κ1) is 13.7. The number of rotatable bonds is 4. The van der Waals surface area contributed by atoms with Gasteiger partial charge in [-0.15, -0.1) is 10.2 Å². The zero-order valence-corrected chi connectivity index (χ0v) is 9.57. The number of anilines is 1. The van der Waals surface area contributed by atoms with E-state index in [4.69, 9.17) is 5.11 Å². The van der Waals surface area contributed by atoms with Crippen LogP contribution in [-0.4, -0.2) is 35.0 Å². The van der Waals surface area contributed by atoms with Gasteiger partial charge in [0.2, 0.25) is 0 Å². The summed E-state index contributed by atoms with van der Waals surface area (Å²) in [6.45, 7) is 2.14. The van der Waals surface area contributed by atoms with Gasteiger partial charge in [-0.05, 0) is 25.5 Å². The summed E-state index contributed by atoms with van der Waals surface area (Å²) in [5.41, 5.74) is -1.01. The van der Waals surface area contributed by atoms with Crippen molar-refractivity contribution in [3.63, 3.8) is 0 Å². The van der Waals surface area contributed by atoms with Crippen LogP contribution in [0.3, 0.4) is 0 Å². The first-order valence-electron chi connectivity index (χ1n) is 5.11. The fraction of sp³-hybridized carbons (Fsp3) is 0.600. The van der Waals surface area contributed by atoms with Crippen molar-refractivity contribution < 1.29 is 18.3 Å². The molecule has 1 aromatic rings. The Hall–Kier alpha value is -1.37. The lowest BCUT2D eigenvalue weighted by atomic mass is 10.3. The quantitative estimate of drug-likeness (QED) is 0.882. The van der Waals surface area contributed by atoms with Gasteiger partial charge in [0, 0.05) is 13.6 Å². The fourth-order valence-electron chi connectivity index (χ4n) is 1.18. The highest BCUT2D eigenvalue weighted by Gasteiger charge is 2.32. The van der Waals surface area contributed by atoms with Gasteiger partial charge in [0.25, 0.3) is 0 Å². The predicted molar refractivity (Wildman–Crippen MR) is 56.6 cm³/mol. The molecule has 0 bridgehead atoms. The van der Waals surface area contributed by atoms with Crippen LogP contribution in [-0.2, 0) is 6.18 Å². The van der Waals surface area contributed by atoms with Crippen molar-refractivity contribution >= 4 is 5.82 Å². The number of aliphatic hydroxyl groups is 1. The van der Waals surface area contributed by atoms with Crippen molar-refractivity contribution in [3.8, 4) is 0 Å². The molecule has 0 spiro atoms. The summed E-state index contributed by atoms with van der Waals surface area (Å²) in [4.78, 5) is 1.64. The van der Waals surface area contributed by atoms with Crippen molar-refractivity contribution in [1.82, 2.24) is 10.2 Å². The van der Waals surface area contributed by atoms with Gasteiger partial charge in [0.15, 0.2) is 11.5 Å². The smallest absolute Gasteiger partial charge is 0.393 e. The summed E-state index contributed by atoms with van der Waals surface area (Å²) in [6.07, 6.45) is -4.41. The van der Waals surface area contributed by atoms with Gasteiger partial charge in [-0.25, -0.2) is 0 Å². The largest absolute Gasteiger partial charge is 0.435 e. The number of halogens is 3. The maximum Gasteiger partial charge on any atom is 0.435 e. The van der Waals surface area contributed by atoms with E-state index in [1.165, 1.54) is 6.07 Å². The molecule has 1 N–H and O–H groups in total. The van der Waals surface area contributed by atoms with Crippen molar-refractivity contribution in [2.24, 2.45) is 0 Å². The van der Waals surface area contributed by atoms with Gasteiger partial charge in [-0.3, -0.25) is 0 Å². The minimum atomic E-state index is -4.47. The second kappa shape index (κ2) is 5.31. The average Bonchev–Trinajstić information content (AvgIpc) is 2.25. The van der Waals surface area contributed by atoms with Crippen LogP contribution in [0.15, 0.2) is 12.1 Å². The van der Waals surface area contributed by atoms with Crippen LogP contribution in [0.1, 0.15) is 19.0 Å². The number of alkyl halides is 3. The molecule has 0 aliphatic heterocycles. The Labute approximate surface area is 97.1 Å². The third-order valence-corrected chi connectivity index (χ3v) is 2.21. The molecule has 0 radical (unpaired) electrons. The summed E-state index contributed by atoms with van der Waals surface area (Å²) in [5.74, 6) is 0.346. The Morgan fingerprint density at radius 2 is 2.00 bits per heavy atom.